The van der Waals surface area contributed by atoms with Gasteiger partial charge in [-0.1, -0.05) is 0 Å². The molecule has 94 valence electrons. The van der Waals surface area contributed by atoms with E-state index in [1.165, 1.54) is 6.20 Å². The van der Waals surface area contributed by atoms with Crippen molar-refractivity contribution in [3.05, 3.63) is 18.1 Å². The summed E-state index contributed by atoms with van der Waals surface area (Å²) in [4.78, 5) is 18.0. The molecule has 0 aliphatic carbocycles. The highest BCUT2D eigenvalue weighted by atomic mass is 32.2. The summed E-state index contributed by atoms with van der Waals surface area (Å²) in [5, 5.41) is 11.4. The van der Waals surface area contributed by atoms with Gasteiger partial charge in [0.15, 0.2) is 5.69 Å². The van der Waals surface area contributed by atoms with Crippen LogP contribution in [0, 0.1) is 0 Å². The molecule has 1 atom stereocenters. The SMILES string of the molecule is CC(CS(C)(=O)=O)Nc1cnc(C(=O)O)cn1. The Morgan fingerprint density at radius 3 is 2.53 bits per heavy atom. The molecule has 0 spiro atoms. The molecule has 8 heteroatoms. The van der Waals surface area contributed by atoms with Gasteiger partial charge < -0.3 is 10.4 Å². The Balaban J connectivity index is 2.66. The third-order valence-corrected chi connectivity index (χ3v) is 2.92. The molecule has 17 heavy (non-hydrogen) atoms. The number of hydrogen-bond acceptors (Lipinski definition) is 6. The maximum atomic E-state index is 11.0. The van der Waals surface area contributed by atoms with Crippen molar-refractivity contribution in [2.24, 2.45) is 0 Å². The van der Waals surface area contributed by atoms with Crippen molar-refractivity contribution in [1.29, 1.82) is 0 Å². The molecule has 0 aromatic carbocycles. The van der Waals surface area contributed by atoms with Gasteiger partial charge >= 0.3 is 5.97 Å². The second kappa shape index (κ2) is 5.09. The number of aromatic nitrogens is 2. The Morgan fingerprint density at radius 1 is 1.47 bits per heavy atom. The van der Waals surface area contributed by atoms with Gasteiger partial charge in [0, 0.05) is 12.3 Å². The monoisotopic (exact) mass is 259 g/mol. The van der Waals surface area contributed by atoms with Gasteiger partial charge in [0.1, 0.15) is 15.7 Å². The largest absolute Gasteiger partial charge is 0.476 e. The molecule has 0 saturated heterocycles. The molecule has 2 N–H and O–H groups in total. The Kier molecular flexibility index (Phi) is 4.00. The van der Waals surface area contributed by atoms with Crippen LogP contribution in [0.4, 0.5) is 5.82 Å². The van der Waals surface area contributed by atoms with Crippen molar-refractivity contribution in [1.82, 2.24) is 9.97 Å². The summed E-state index contributed by atoms with van der Waals surface area (Å²) >= 11 is 0. The summed E-state index contributed by atoms with van der Waals surface area (Å²) < 4.78 is 22.0. The van der Waals surface area contributed by atoms with E-state index in [2.05, 4.69) is 15.3 Å². The summed E-state index contributed by atoms with van der Waals surface area (Å²) in [5.41, 5.74) is -0.161. The van der Waals surface area contributed by atoms with Gasteiger partial charge in [-0.3, -0.25) is 0 Å². The van der Waals surface area contributed by atoms with Crippen LogP contribution < -0.4 is 5.32 Å². The highest BCUT2D eigenvalue weighted by Gasteiger charge is 2.11. The third-order valence-electron chi connectivity index (χ3n) is 1.82. The summed E-state index contributed by atoms with van der Waals surface area (Å²) in [7, 11) is -3.07. The molecular formula is C9H13N3O4S. The van der Waals surface area contributed by atoms with Gasteiger partial charge in [-0.2, -0.15) is 0 Å². The van der Waals surface area contributed by atoms with Crippen LogP contribution in [0.15, 0.2) is 12.4 Å². The fraction of sp³-hybridized carbons (Fsp3) is 0.444. The lowest BCUT2D eigenvalue weighted by atomic mass is 10.4. The molecule has 0 aliphatic heterocycles. The molecule has 0 aliphatic rings. The molecule has 0 bridgehead atoms. The molecule has 1 aromatic rings. The van der Waals surface area contributed by atoms with E-state index in [9.17, 15) is 13.2 Å². The van der Waals surface area contributed by atoms with E-state index in [4.69, 9.17) is 5.11 Å². The topological polar surface area (TPSA) is 109 Å². The zero-order valence-electron chi connectivity index (χ0n) is 9.41. The Labute approximate surface area is 98.8 Å². The summed E-state index contributed by atoms with van der Waals surface area (Å²) in [6, 6.07) is -0.324. The first-order valence-electron chi connectivity index (χ1n) is 4.77. The number of rotatable bonds is 5. The van der Waals surface area contributed by atoms with Gasteiger partial charge in [-0.15, -0.1) is 0 Å². The Hall–Kier alpha value is -1.70. The fourth-order valence-corrected chi connectivity index (χ4v) is 2.25. The number of aromatic carboxylic acids is 1. The van der Waals surface area contributed by atoms with Gasteiger partial charge in [-0.05, 0) is 6.92 Å². The quantitative estimate of drug-likeness (QED) is 0.767. The third kappa shape index (κ3) is 4.77. The second-order valence-corrected chi connectivity index (χ2v) is 5.91. The van der Waals surface area contributed by atoms with Crippen LogP contribution in [0.25, 0.3) is 0 Å². The van der Waals surface area contributed by atoms with Crippen LogP contribution in [0.1, 0.15) is 17.4 Å². The number of nitrogens with zero attached hydrogens (tertiary/aromatic N) is 2. The number of carboxylic acid groups (broad SMARTS) is 1. The number of hydrogen-bond donors (Lipinski definition) is 2. The maximum absolute atomic E-state index is 11.0. The molecule has 0 radical (unpaired) electrons. The van der Waals surface area contributed by atoms with Gasteiger partial charge in [0.05, 0.1) is 18.1 Å². The Bertz CT molecular complexity index is 497. The van der Waals surface area contributed by atoms with E-state index < -0.39 is 15.8 Å². The van der Waals surface area contributed by atoms with E-state index in [1.807, 2.05) is 0 Å². The maximum Gasteiger partial charge on any atom is 0.356 e. The summed E-state index contributed by atoms with van der Waals surface area (Å²) in [6.07, 6.45) is 3.50. The number of nitrogens with one attached hydrogen (secondary N) is 1. The smallest absolute Gasteiger partial charge is 0.356 e. The minimum Gasteiger partial charge on any atom is -0.476 e. The zero-order valence-corrected chi connectivity index (χ0v) is 10.2. The first-order valence-corrected chi connectivity index (χ1v) is 6.83. The summed E-state index contributed by atoms with van der Waals surface area (Å²) in [5.74, 6) is -0.852. The average molecular weight is 259 g/mol. The lowest BCUT2D eigenvalue weighted by molar-refractivity contribution is 0.0690. The molecular weight excluding hydrogens is 246 g/mol. The van der Waals surface area contributed by atoms with Crippen LogP contribution in [-0.2, 0) is 9.84 Å². The van der Waals surface area contributed by atoms with Crippen molar-refractivity contribution >= 4 is 21.6 Å². The molecule has 1 heterocycles. The molecule has 1 aromatic heterocycles. The van der Waals surface area contributed by atoms with Crippen molar-refractivity contribution in [3.63, 3.8) is 0 Å². The molecule has 1 rings (SSSR count). The van der Waals surface area contributed by atoms with Crippen LogP contribution in [0.2, 0.25) is 0 Å². The van der Waals surface area contributed by atoms with Gasteiger partial charge in [0.2, 0.25) is 0 Å². The second-order valence-electron chi connectivity index (χ2n) is 3.73. The minimum absolute atomic E-state index is 0.0324. The van der Waals surface area contributed by atoms with Crippen molar-refractivity contribution < 1.29 is 18.3 Å². The predicted octanol–water partition coefficient (Wildman–Crippen LogP) is 0.0198. The molecule has 0 amide bonds. The van der Waals surface area contributed by atoms with Crippen LogP contribution in [0.3, 0.4) is 0 Å². The molecule has 1 unspecified atom stereocenters. The molecule has 0 fully saturated rings. The molecule has 0 saturated carbocycles. The van der Waals surface area contributed by atoms with E-state index in [-0.39, 0.29) is 17.5 Å². The normalized spacial score (nSPS) is 13.1. The standard InChI is InChI=1S/C9H13N3O4S/c1-6(5-17(2,15)16)12-8-4-10-7(3-11-8)9(13)14/h3-4,6H,5H2,1-2H3,(H,11,12)(H,13,14). The average Bonchev–Trinajstić information content (AvgIpc) is 2.15. The first kappa shape index (κ1) is 13.4. The number of sulfone groups is 1. The van der Waals surface area contributed by atoms with Crippen LogP contribution in [-0.4, -0.2) is 47.5 Å². The highest BCUT2D eigenvalue weighted by Crippen LogP contribution is 2.04. The van der Waals surface area contributed by atoms with Crippen LogP contribution >= 0.6 is 0 Å². The van der Waals surface area contributed by atoms with Crippen molar-refractivity contribution in [2.75, 3.05) is 17.3 Å². The fourth-order valence-electron chi connectivity index (χ4n) is 1.26. The minimum atomic E-state index is -3.07. The first-order chi connectivity index (χ1) is 7.78. The van der Waals surface area contributed by atoms with Crippen molar-refractivity contribution in [2.45, 2.75) is 13.0 Å². The highest BCUT2D eigenvalue weighted by molar-refractivity contribution is 7.90. The van der Waals surface area contributed by atoms with Gasteiger partial charge in [-0.25, -0.2) is 23.2 Å². The number of carbonyl (C=O) groups is 1. The Morgan fingerprint density at radius 2 is 2.12 bits per heavy atom. The number of anilines is 1. The predicted molar refractivity (Wildman–Crippen MR) is 61.8 cm³/mol. The van der Waals surface area contributed by atoms with E-state index in [0.717, 1.165) is 12.5 Å². The number of carboxylic acids is 1. The molecule has 7 nitrogen and oxygen atoms in total. The van der Waals surface area contributed by atoms with E-state index in [0.29, 0.717) is 5.82 Å². The lowest BCUT2D eigenvalue weighted by Crippen LogP contribution is -2.25. The van der Waals surface area contributed by atoms with Crippen LogP contribution in [0.5, 0.6) is 0 Å². The van der Waals surface area contributed by atoms with E-state index in [1.54, 1.807) is 6.92 Å². The van der Waals surface area contributed by atoms with Gasteiger partial charge in [0.25, 0.3) is 0 Å². The van der Waals surface area contributed by atoms with Crippen molar-refractivity contribution in [3.8, 4) is 0 Å². The summed E-state index contributed by atoms with van der Waals surface area (Å²) in [6.45, 7) is 1.69. The lowest BCUT2D eigenvalue weighted by Gasteiger charge is -2.12. The zero-order chi connectivity index (χ0) is 13.1. The van der Waals surface area contributed by atoms with E-state index >= 15 is 0 Å².